The van der Waals surface area contributed by atoms with Crippen molar-refractivity contribution >= 4 is 28.5 Å². The lowest BCUT2D eigenvalue weighted by atomic mass is 9.91. The molecule has 0 fully saturated rings. The Balaban J connectivity index is 1.17. The largest absolute Gasteiger partial charge is 0.482 e. The maximum absolute atomic E-state index is 13.4. The Labute approximate surface area is 210 Å². The Morgan fingerprint density at radius 3 is 2.53 bits per heavy atom. The molecule has 3 aromatic carbocycles. The number of fused-ring (bicyclic) bond motifs is 1. The molecule has 0 radical (unpaired) electrons. The van der Waals surface area contributed by atoms with Crippen LogP contribution in [0.3, 0.4) is 0 Å². The second-order valence-electron chi connectivity index (χ2n) is 9.00. The highest BCUT2D eigenvalue weighted by atomic mass is 19.1. The molecule has 0 aliphatic heterocycles. The van der Waals surface area contributed by atoms with E-state index in [0.717, 1.165) is 49.3 Å². The Kier molecular flexibility index (Phi) is 8.55. The van der Waals surface area contributed by atoms with Gasteiger partial charge in [0.15, 0.2) is 6.61 Å². The third-order valence-electron chi connectivity index (χ3n) is 6.37. The standard InChI is InChI=1S/C29H31FN2O4/c1-35-28(33)19-36-27-15-13-26(14-16-27)32-29(34)31-25-11-6-20(7-12-25)3-2-4-21-5-8-23-18-24(30)10-9-22(23)17-21/h5-6,8-10,13-18,25H,2-4,7,11-12,19H2,1H3,(H2,31,32,34)/t25-/m1/s1. The Hall–Kier alpha value is -3.87. The van der Waals surface area contributed by atoms with E-state index in [4.69, 9.17) is 4.74 Å². The highest BCUT2D eigenvalue weighted by molar-refractivity contribution is 5.89. The van der Waals surface area contributed by atoms with Crippen LogP contribution in [-0.2, 0) is 16.0 Å². The molecule has 188 valence electrons. The molecule has 7 heteroatoms. The van der Waals surface area contributed by atoms with Gasteiger partial charge in [-0.25, -0.2) is 14.0 Å². The average Bonchev–Trinajstić information content (AvgIpc) is 2.89. The quantitative estimate of drug-likeness (QED) is 0.278. The van der Waals surface area contributed by atoms with E-state index < -0.39 is 5.97 Å². The number of nitrogens with one attached hydrogen (secondary N) is 2. The van der Waals surface area contributed by atoms with Crippen LogP contribution in [0.15, 0.2) is 72.3 Å². The molecule has 2 N–H and O–H groups in total. The number of hydrogen-bond acceptors (Lipinski definition) is 4. The maximum Gasteiger partial charge on any atom is 0.343 e. The van der Waals surface area contributed by atoms with Crippen molar-refractivity contribution in [2.45, 2.75) is 44.6 Å². The third-order valence-corrected chi connectivity index (χ3v) is 6.37. The van der Waals surface area contributed by atoms with Gasteiger partial charge in [0.1, 0.15) is 11.6 Å². The number of methoxy groups -OCH3 is 1. The van der Waals surface area contributed by atoms with Crippen molar-refractivity contribution in [3.8, 4) is 5.75 Å². The number of hydrogen-bond donors (Lipinski definition) is 2. The number of anilines is 1. The Morgan fingerprint density at radius 1 is 1.00 bits per heavy atom. The minimum absolute atomic E-state index is 0.109. The summed E-state index contributed by atoms with van der Waals surface area (Å²) in [5.41, 5.74) is 3.35. The number of rotatable bonds is 9. The van der Waals surface area contributed by atoms with Gasteiger partial charge in [-0.05, 0) is 91.3 Å². The van der Waals surface area contributed by atoms with Crippen LogP contribution in [0.4, 0.5) is 14.9 Å². The minimum atomic E-state index is -0.454. The van der Waals surface area contributed by atoms with E-state index in [0.29, 0.717) is 11.4 Å². The SMILES string of the molecule is COC(=O)COc1ccc(NC(=O)N[C@@H]2CC=C(CCCc3ccc4cc(F)ccc4c3)CC2)cc1. The van der Waals surface area contributed by atoms with Gasteiger partial charge in [0.05, 0.1) is 7.11 Å². The van der Waals surface area contributed by atoms with Crippen molar-refractivity contribution in [3.05, 3.63) is 83.7 Å². The van der Waals surface area contributed by atoms with Crippen LogP contribution in [-0.4, -0.2) is 31.8 Å². The van der Waals surface area contributed by atoms with Crippen LogP contribution < -0.4 is 15.4 Å². The van der Waals surface area contributed by atoms with Crippen molar-refractivity contribution in [3.63, 3.8) is 0 Å². The predicted molar refractivity (Wildman–Crippen MR) is 139 cm³/mol. The molecule has 0 unspecified atom stereocenters. The summed E-state index contributed by atoms with van der Waals surface area (Å²) in [4.78, 5) is 23.5. The first-order valence-corrected chi connectivity index (χ1v) is 12.2. The van der Waals surface area contributed by atoms with E-state index in [1.54, 1.807) is 30.3 Å². The highest BCUT2D eigenvalue weighted by Crippen LogP contribution is 2.24. The fourth-order valence-corrected chi connectivity index (χ4v) is 4.38. The normalized spacial score (nSPS) is 15.2. The topological polar surface area (TPSA) is 76.7 Å². The molecule has 1 aliphatic rings. The van der Waals surface area contributed by atoms with Crippen molar-refractivity contribution in [1.82, 2.24) is 5.32 Å². The van der Waals surface area contributed by atoms with Crippen LogP contribution in [0.25, 0.3) is 10.8 Å². The summed E-state index contributed by atoms with van der Waals surface area (Å²) in [5.74, 6) is -0.139. The van der Waals surface area contributed by atoms with Gasteiger partial charge in [0.25, 0.3) is 0 Å². The lowest BCUT2D eigenvalue weighted by Crippen LogP contribution is -2.38. The summed E-state index contributed by atoms with van der Waals surface area (Å²) in [5, 5.41) is 7.87. The van der Waals surface area contributed by atoms with E-state index in [-0.39, 0.29) is 24.5 Å². The zero-order chi connectivity index (χ0) is 25.3. The molecule has 0 spiro atoms. The average molecular weight is 491 g/mol. The van der Waals surface area contributed by atoms with Gasteiger partial charge in [0.2, 0.25) is 0 Å². The molecule has 2 amide bonds. The lowest BCUT2D eigenvalue weighted by Gasteiger charge is -2.23. The van der Waals surface area contributed by atoms with Crippen LogP contribution in [0, 0.1) is 5.82 Å². The number of carbonyl (C=O) groups is 2. The summed E-state index contributed by atoms with van der Waals surface area (Å²) in [7, 11) is 1.30. The smallest absolute Gasteiger partial charge is 0.343 e. The number of benzene rings is 3. The van der Waals surface area contributed by atoms with Gasteiger partial charge in [0, 0.05) is 11.7 Å². The van der Waals surface area contributed by atoms with Crippen LogP contribution in [0.1, 0.15) is 37.7 Å². The summed E-state index contributed by atoms with van der Waals surface area (Å²) >= 11 is 0. The monoisotopic (exact) mass is 490 g/mol. The molecule has 0 bridgehead atoms. The molecule has 4 rings (SSSR count). The van der Waals surface area contributed by atoms with Crippen LogP contribution >= 0.6 is 0 Å². The molecule has 0 saturated carbocycles. The summed E-state index contributed by atoms with van der Waals surface area (Å²) in [6, 6.07) is 17.8. The van der Waals surface area contributed by atoms with E-state index >= 15 is 0 Å². The molecule has 36 heavy (non-hydrogen) atoms. The van der Waals surface area contributed by atoms with Gasteiger partial charge < -0.3 is 20.1 Å². The fourth-order valence-electron chi connectivity index (χ4n) is 4.38. The van der Waals surface area contributed by atoms with Crippen molar-refractivity contribution in [2.75, 3.05) is 19.0 Å². The first kappa shape index (κ1) is 25.2. The first-order chi connectivity index (χ1) is 17.5. The second-order valence-corrected chi connectivity index (χ2v) is 9.00. The van der Waals surface area contributed by atoms with Crippen LogP contribution in [0.5, 0.6) is 5.75 Å². The summed E-state index contributed by atoms with van der Waals surface area (Å²) in [6.07, 6.45) is 8.08. The fraction of sp³-hybridized carbons (Fsp3) is 0.310. The molecule has 0 aromatic heterocycles. The van der Waals surface area contributed by atoms with Crippen molar-refractivity contribution < 1.29 is 23.5 Å². The lowest BCUT2D eigenvalue weighted by molar-refractivity contribution is -0.142. The summed E-state index contributed by atoms with van der Waals surface area (Å²) in [6.45, 7) is -0.160. The number of halogens is 1. The predicted octanol–water partition coefficient (Wildman–Crippen LogP) is 6.15. The molecule has 0 heterocycles. The van der Waals surface area contributed by atoms with Gasteiger partial charge >= 0.3 is 12.0 Å². The number of allylic oxidation sites excluding steroid dienone is 1. The number of amides is 2. The van der Waals surface area contributed by atoms with E-state index in [9.17, 15) is 14.0 Å². The minimum Gasteiger partial charge on any atom is -0.482 e. The molecule has 0 saturated heterocycles. The Morgan fingerprint density at radius 2 is 1.78 bits per heavy atom. The molecule has 1 atom stereocenters. The van der Waals surface area contributed by atoms with Crippen LogP contribution in [0.2, 0.25) is 0 Å². The van der Waals surface area contributed by atoms with Gasteiger partial charge in [-0.15, -0.1) is 0 Å². The highest BCUT2D eigenvalue weighted by Gasteiger charge is 2.16. The molecule has 1 aliphatic carbocycles. The number of ether oxygens (including phenoxy) is 2. The van der Waals surface area contributed by atoms with E-state index in [1.165, 1.54) is 24.3 Å². The van der Waals surface area contributed by atoms with Gasteiger partial charge in [-0.1, -0.05) is 35.9 Å². The van der Waals surface area contributed by atoms with Crippen molar-refractivity contribution in [1.29, 1.82) is 0 Å². The zero-order valence-corrected chi connectivity index (χ0v) is 20.4. The maximum atomic E-state index is 13.4. The van der Waals surface area contributed by atoms with Crippen molar-refractivity contribution in [2.24, 2.45) is 0 Å². The Bertz CT molecular complexity index is 1240. The van der Waals surface area contributed by atoms with Gasteiger partial charge in [-0.2, -0.15) is 0 Å². The first-order valence-electron chi connectivity index (χ1n) is 12.2. The van der Waals surface area contributed by atoms with E-state index in [2.05, 4.69) is 33.6 Å². The zero-order valence-electron chi connectivity index (χ0n) is 20.4. The molecular formula is C29H31FN2O4. The molecule has 6 nitrogen and oxygen atoms in total. The second kappa shape index (κ2) is 12.2. The number of carbonyl (C=O) groups excluding carboxylic acids is 2. The summed E-state index contributed by atoms with van der Waals surface area (Å²) < 4.78 is 23.2. The third kappa shape index (κ3) is 7.31. The molecule has 3 aromatic rings. The van der Waals surface area contributed by atoms with Gasteiger partial charge in [-0.3, -0.25) is 0 Å². The number of esters is 1. The molecular weight excluding hydrogens is 459 g/mol. The van der Waals surface area contributed by atoms with E-state index in [1.807, 2.05) is 12.1 Å². The number of urea groups is 1. The number of aryl methyl sites for hydroxylation is 1.